The van der Waals surface area contributed by atoms with Crippen LogP contribution in [0, 0.1) is 11.8 Å². The minimum Gasteiger partial charge on any atom is -0.457 e. The summed E-state index contributed by atoms with van der Waals surface area (Å²) < 4.78 is 23.1. The molecule has 0 radical (unpaired) electrons. The van der Waals surface area contributed by atoms with E-state index in [1.54, 1.807) is 57.2 Å². The molecule has 0 aliphatic carbocycles. The molecule has 9 amide bonds. The second-order valence-electron chi connectivity index (χ2n) is 23.5. The van der Waals surface area contributed by atoms with Crippen molar-refractivity contribution in [3.8, 4) is 0 Å². The van der Waals surface area contributed by atoms with Gasteiger partial charge in [0.1, 0.15) is 36.4 Å². The third-order valence-corrected chi connectivity index (χ3v) is 15.7. The van der Waals surface area contributed by atoms with Crippen LogP contribution in [0.4, 0.5) is 15.3 Å². The number of aliphatic hydroxyl groups is 4. The summed E-state index contributed by atoms with van der Waals surface area (Å²) in [7, 11) is 0. The van der Waals surface area contributed by atoms with E-state index >= 15 is 0 Å². The lowest BCUT2D eigenvalue weighted by molar-refractivity contribution is -0.151. The van der Waals surface area contributed by atoms with Crippen molar-refractivity contribution in [2.45, 2.75) is 192 Å². The van der Waals surface area contributed by atoms with Gasteiger partial charge in [0.25, 0.3) is 11.8 Å². The van der Waals surface area contributed by atoms with Crippen LogP contribution in [-0.4, -0.2) is 193 Å². The van der Waals surface area contributed by atoms with Crippen LogP contribution >= 0.6 is 0 Å². The number of piperazine rings is 1. The lowest BCUT2D eigenvalue weighted by atomic mass is 9.88. The molecule has 0 saturated carbocycles. The normalized spacial score (nSPS) is 25.5. The molecule has 4 aliphatic heterocycles. The van der Waals surface area contributed by atoms with Gasteiger partial charge in [0.2, 0.25) is 29.5 Å². The molecule has 13 atom stereocenters. The first-order valence-corrected chi connectivity index (χ1v) is 29.7. The highest BCUT2D eigenvalue weighted by Gasteiger charge is 2.47. The fraction of sp³-hybridized carbons (Fsp3) is 0.607. The number of nitrogens with zero attached hydrogens (tertiary/aromatic N) is 3. The number of amides is 9. The number of primary amides is 1. The van der Waals surface area contributed by atoms with E-state index in [0.29, 0.717) is 43.2 Å². The summed E-state index contributed by atoms with van der Waals surface area (Å²) in [5.41, 5.74) is 3.87. The number of allylic oxidation sites excluding steroid dienone is 2. The van der Waals surface area contributed by atoms with Crippen molar-refractivity contribution < 1.29 is 87.3 Å². The number of ether oxygens (including phenoxy) is 4. The summed E-state index contributed by atoms with van der Waals surface area (Å²) in [5, 5.41) is 53.9. The highest BCUT2D eigenvalue weighted by Crippen LogP contribution is 2.38. The maximum Gasteiger partial charge on any atom is 0.410 e. The lowest BCUT2D eigenvalue weighted by Gasteiger charge is -2.37. The summed E-state index contributed by atoms with van der Waals surface area (Å²) in [6, 6.07) is 2.46. The Morgan fingerprint density at radius 3 is 2.14 bits per heavy atom. The molecule has 87 heavy (non-hydrogen) atoms. The minimum absolute atomic E-state index is 0.0155. The number of esters is 1. The molecule has 5 rings (SSSR count). The Kier molecular flexibility index (Phi) is 26.2. The van der Waals surface area contributed by atoms with Crippen molar-refractivity contribution in [1.29, 1.82) is 0 Å². The zero-order valence-corrected chi connectivity index (χ0v) is 50.9. The van der Waals surface area contributed by atoms with Gasteiger partial charge in [-0.2, -0.15) is 0 Å². The molecule has 26 nitrogen and oxygen atoms in total. The molecule has 0 bridgehead atoms. The molecule has 1 aromatic rings. The Morgan fingerprint density at radius 2 is 1.51 bits per heavy atom. The van der Waals surface area contributed by atoms with Gasteiger partial charge in [0.05, 0.1) is 42.9 Å². The van der Waals surface area contributed by atoms with Crippen LogP contribution in [0.3, 0.4) is 0 Å². The van der Waals surface area contributed by atoms with Gasteiger partial charge >= 0.3 is 18.2 Å². The van der Waals surface area contributed by atoms with Crippen molar-refractivity contribution in [3.63, 3.8) is 0 Å². The molecule has 1 aromatic carbocycles. The first-order chi connectivity index (χ1) is 41.0. The molecule has 0 aromatic heterocycles. The highest BCUT2D eigenvalue weighted by atomic mass is 16.6. The van der Waals surface area contributed by atoms with Gasteiger partial charge in [-0.3, -0.25) is 43.3 Å². The fourth-order valence-corrected chi connectivity index (χ4v) is 10.1. The number of anilines is 1. The summed E-state index contributed by atoms with van der Waals surface area (Å²) >= 11 is 0. The molecule has 26 heteroatoms. The van der Waals surface area contributed by atoms with E-state index in [9.17, 15) is 68.4 Å². The van der Waals surface area contributed by atoms with Gasteiger partial charge in [0.15, 0.2) is 6.10 Å². The number of epoxide rings is 1. The number of cyclic esters (lactones) is 1. The van der Waals surface area contributed by atoms with Crippen molar-refractivity contribution in [3.05, 3.63) is 77.9 Å². The quantitative estimate of drug-likeness (QED) is 0.0122. The molecule has 480 valence electrons. The van der Waals surface area contributed by atoms with Crippen LogP contribution in [0.2, 0.25) is 0 Å². The van der Waals surface area contributed by atoms with Crippen LogP contribution in [0.25, 0.3) is 0 Å². The van der Waals surface area contributed by atoms with E-state index in [-0.39, 0.29) is 101 Å². The van der Waals surface area contributed by atoms with Gasteiger partial charge < -0.3 is 76.2 Å². The summed E-state index contributed by atoms with van der Waals surface area (Å²) in [6.07, 6.45) is 6.59. The predicted molar refractivity (Wildman–Crippen MR) is 315 cm³/mol. The molecule has 0 spiro atoms. The van der Waals surface area contributed by atoms with E-state index in [2.05, 4.69) is 21.3 Å². The number of hydrogen-bond acceptors (Lipinski definition) is 18. The monoisotopic (exact) mass is 1220 g/mol. The van der Waals surface area contributed by atoms with Crippen molar-refractivity contribution >= 4 is 65.2 Å². The van der Waals surface area contributed by atoms with Gasteiger partial charge in [-0.15, -0.1) is 0 Å². The van der Waals surface area contributed by atoms with E-state index in [4.69, 9.17) is 24.7 Å². The number of carbonyl (C=O) groups excluding carboxylic acids is 10. The first kappa shape index (κ1) is 70.2. The van der Waals surface area contributed by atoms with Crippen molar-refractivity contribution in [2.24, 2.45) is 17.6 Å². The lowest BCUT2D eigenvalue weighted by Crippen LogP contribution is -2.55. The number of aliphatic hydroxyl groups excluding tert-OH is 2. The average Bonchev–Trinajstić information content (AvgIpc) is 1.98. The SMILES string of the molecule is CC[C@H](O)[C@@H](C)[C@H]1O[C@@H]1C[C@@](C)(O)/C=C/C=C(\C)[C@H]1OC(=O)C[C@H](O)CC[C@@](C)(O)[C@@H](OC(=O)N2CCN(C(=O)OCc3ccc(NC(=O)[C@H](CC(N)=O)NC(=O)[C@H](C)NC(=O)[C@H](C)NC(=O)CCCCCN4C(=O)C=CC4=O)cc3)CC2)/C=C/[C@@H]1C. The number of unbranched alkanes of at least 4 members (excludes halogenated alkanes) is 2. The van der Waals surface area contributed by atoms with E-state index in [0.717, 1.165) is 4.90 Å². The number of benzene rings is 1. The standard InChI is InChI=1S/C61H88N8O18/c1-9-45(71)38(4)54-46(85-54)34-60(7,82)25-13-14-36(2)53-37(3)16-21-47(61(8,83)26-24-43(70)32-52(76)87-53)86-59(81)68-30-28-67(29-31-68)58(80)84-35-41-17-19-42(20-18-41)65-57(79)44(33-48(62)72)66-56(78)40(6)64-55(77)39(5)63-49(73)15-11-10-12-27-69-50(74)22-23-51(69)75/h13-14,16-23,25,37-40,43-47,53-54,70-71,82-83H,9-12,15,24,26-35H2,1-8H3,(H2,62,72)(H,63,73)(H,64,77)(H,65,79)(H,66,78)/b21-16+,25-13+,36-14+/t37-,38+,39-,40-,43+,44-,45-,46+,47-,53+,54+,60-,61+/m0/s1. The summed E-state index contributed by atoms with van der Waals surface area (Å²) in [5.74, 6) is -5.65. The molecule has 4 heterocycles. The number of nitrogens with one attached hydrogen (secondary N) is 4. The Morgan fingerprint density at radius 1 is 0.885 bits per heavy atom. The maximum atomic E-state index is 13.7. The fourth-order valence-electron chi connectivity index (χ4n) is 10.1. The Bertz CT molecular complexity index is 2720. The van der Waals surface area contributed by atoms with Crippen LogP contribution in [-0.2, 0) is 63.9 Å². The highest BCUT2D eigenvalue weighted by molar-refractivity contribution is 6.12. The smallest absolute Gasteiger partial charge is 0.410 e. The third kappa shape index (κ3) is 22.3. The number of hydrogen-bond donors (Lipinski definition) is 9. The Hall–Kier alpha value is -7.52. The number of carbonyl (C=O) groups is 10. The molecule has 2 saturated heterocycles. The number of rotatable bonds is 26. The maximum absolute atomic E-state index is 13.7. The third-order valence-electron chi connectivity index (χ3n) is 15.7. The number of nitrogens with two attached hydrogens (primary N) is 1. The van der Waals surface area contributed by atoms with Gasteiger partial charge in [-0.25, -0.2) is 9.59 Å². The van der Waals surface area contributed by atoms with Crippen LogP contribution in [0.15, 0.2) is 72.4 Å². The first-order valence-electron chi connectivity index (χ1n) is 29.7. The predicted octanol–water partition coefficient (Wildman–Crippen LogP) is 2.46. The molecular formula is C61H88N8O18. The van der Waals surface area contributed by atoms with Crippen LogP contribution < -0.4 is 27.0 Å². The number of imide groups is 1. The van der Waals surface area contributed by atoms with Crippen LogP contribution in [0.1, 0.15) is 125 Å². The Labute approximate surface area is 507 Å². The largest absolute Gasteiger partial charge is 0.457 e. The molecule has 0 unspecified atom stereocenters. The van der Waals surface area contributed by atoms with Crippen molar-refractivity contribution in [2.75, 3.05) is 38.0 Å². The molecule has 10 N–H and O–H groups in total. The topological polar surface area (TPSA) is 376 Å². The summed E-state index contributed by atoms with van der Waals surface area (Å²) in [4.78, 5) is 131. The van der Waals surface area contributed by atoms with Crippen LogP contribution in [0.5, 0.6) is 0 Å². The van der Waals surface area contributed by atoms with E-state index < -0.39 is 114 Å². The molecular weight excluding hydrogens is 1130 g/mol. The van der Waals surface area contributed by atoms with Gasteiger partial charge in [-0.05, 0) is 96.1 Å². The summed E-state index contributed by atoms with van der Waals surface area (Å²) in [6.45, 7) is 13.6. The molecule has 4 aliphatic rings. The Balaban J connectivity index is 1.06. The average molecular weight is 1220 g/mol. The van der Waals surface area contributed by atoms with Crippen molar-refractivity contribution in [1.82, 2.24) is 30.7 Å². The minimum atomic E-state index is -1.68. The zero-order valence-electron chi connectivity index (χ0n) is 50.9. The van der Waals surface area contributed by atoms with E-state index in [1.165, 1.54) is 60.9 Å². The van der Waals surface area contributed by atoms with Gasteiger partial charge in [0, 0.05) is 75.2 Å². The van der Waals surface area contributed by atoms with Gasteiger partial charge in [-0.1, -0.05) is 63.6 Å². The van der Waals surface area contributed by atoms with E-state index in [1.807, 2.05) is 13.8 Å². The second-order valence-corrected chi connectivity index (χ2v) is 23.5. The molecule has 2 fully saturated rings. The second kappa shape index (κ2) is 32.5. The zero-order chi connectivity index (χ0) is 64.3.